The van der Waals surface area contributed by atoms with E-state index in [0.717, 1.165) is 11.3 Å². The minimum atomic E-state index is -2.92. The summed E-state index contributed by atoms with van der Waals surface area (Å²) in [6.07, 6.45) is 0.624. The maximum Gasteiger partial charge on any atom is 0.152 e. The zero-order chi connectivity index (χ0) is 13.9. The van der Waals surface area contributed by atoms with Crippen LogP contribution in [0.5, 0.6) is 0 Å². The van der Waals surface area contributed by atoms with Gasteiger partial charge in [-0.25, -0.2) is 12.8 Å². The average Bonchev–Trinajstić information content (AvgIpc) is 2.51. The fourth-order valence-corrected chi connectivity index (χ4v) is 3.65. The van der Waals surface area contributed by atoms with Gasteiger partial charge in [-0.2, -0.15) is 0 Å². The van der Waals surface area contributed by atoms with Gasteiger partial charge in [0, 0.05) is 25.3 Å². The quantitative estimate of drug-likeness (QED) is 0.906. The summed E-state index contributed by atoms with van der Waals surface area (Å²) >= 11 is 0. The highest BCUT2D eigenvalue weighted by atomic mass is 32.2. The van der Waals surface area contributed by atoms with Crippen LogP contribution in [-0.2, 0) is 16.4 Å². The minimum Gasteiger partial charge on any atom is -0.370 e. The molecule has 1 N–H and O–H groups in total. The van der Waals surface area contributed by atoms with Crippen LogP contribution in [0.3, 0.4) is 0 Å². The highest BCUT2D eigenvalue weighted by molar-refractivity contribution is 7.91. The first-order valence-electron chi connectivity index (χ1n) is 6.40. The summed E-state index contributed by atoms with van der Waals surface area (Å²) in [4.78, 5) is 2.04. The SMILES string of the molecule is CNCc1cc(F)ccc1N1CCCS(=O)(=O)CC1. The van der Waals surface area contributed by atoms with Crippen LogP contribution in [0.4, 0.5) is 10.1 Å². The Labute approximate surface area is 113 Å². The predicted molar refractivity (Wildman–Crippen MR) is 74.6 cm³/mol. The first-order chi connectivity index (χ1) is 9.02. The van der Waals surface area contributed by atoms with Crippen LogP contribution in [0.25, 0.3) is 0 Å². The lowest BCUT2D eigenvalue weighted by Crippen LogP contribution is -2.28. The lowest BCUT2D eigenvalue weighted by molar-refractivity contribution is 0.597. The number of hydrogen-bond donors (Lipinski definition) is 1. The summed E-state index contributed by atoms with van der Waals surface area (Å²) in [7, 11) is -1.12. The molecule has 1 fully saturated rings. The van der Waals surface area contributed by atoms with Gasteiger partial charge < -0.3 is 10.2 Å². The van der Waals surface area contributed by atoms with Crippen LogP contribution in [0.1, 0.15) is 12.0 Å². The van der Waals surface area contributed by atoms with E-state index in [0.29, 0.717) is 26.1 Å². The van der Waals surface area contributed by atoms with Gasteiger partial charge in [0.15, 0.2) is 9.84 Å². The van der Waals surface area contributed by atoms with Gasteiger partial charge in [0.05, 0.1) is 11.5 Å². The second-order valence-electron chi connectivity index (χ2n) is 4.80. The minimum absolute atomic E-state index is 0.170. The molecule has 1 heterocycles. The van der Waals surface area contributed by atoms with Crippen molar-refractivity contribution in [2.45, 2.75) is 13.0 Å². The Hall–Kier alpha value is -1.14. The maximum atomic E-state index is 13.3. The second-order valence-corrected chi connectivity index (χ2v) is 7.10. The van der Waals surface area contributed by atoms with Crippen molar-refractivity contribution in [3.05, 3.63) is 29.6 Å². The zero-order valence-electron chi connectivity index (χ0n) is 11.0. The molecule has 0 bridgehead atoms. The molecule has 4 nitrogen and oxygen atoms in total. The number of sulfone groups is 1. The van der Waals surface area contributed by atoms with Crippen LogP contribution in [-0.4, -0.2) is 40.1 Å². The molecule has 1 aliphatic heterocycles. The summed E-state index contributed by atoms with van der Waals surface area (Å²) < 4.78 is 36.5. The van der Waals surface area contributed by atoms with E-state index in [-0.39, 0.29) is 17.3 Å². The molecule has 1 aliphatic rings. The summed E-state index contributed by atoms with van der Waals surface area (Å²) in [6.45, 7) is 1.74. The van der Waals surface area contributed by atoms with E-state index in [1.165, 1.54) is 12.1 Å². The molecule has 106 valence electrons. The number of hydrogen-bond acceptors (Lipinski definition) is 4. The van der Waals surface area contributed by atoms with Gasteiger partial charge >= 0.3 is 0 Å². The van der Waals surface area contributed by atoms with Crippen molar-refractivity contribution in [3.63, 3.8) is 0 Å². The standard InChI is InChI=1S/C13H19FN2O2S/c1-15-10-11-9-12(14)3-4-13(11)16-5-2-7-19(17,18)8-6-16/h3-4,9,15H,2,5-8,10H2,1H3. The number of nitrogens with zero attached hydrogens (tertiary/aromatic N) is 1. The van der Waals surface area contributed by atoms with Gasteiger partial charge in [-0.3, -0.25) is 0 Å². The first-order valence-corrected chi connectivity index (χ1v) is 8.22. The van der Waals surface area contributed by atoms with Gasteiger partial charge in [-0.1, -0.05) is 0 Å². The molecule has 0 saturated carbocycles. The van der Waals surface area contributed by atoms with Crippen molar-refractivity contribution in [2.24, 2.45) is 0 Å². The van der Waals surface area contributed by atoms with Crippen molar-refractivity contribution in [1.82, 2.24) is 5.32 Å². The summed E-state index contributed by atoms with van der Waals surface area (Å²) in [5, 5.41) is 3.01. The number of benzene rings is 1. The van der Waals surface area contributed by atoms with Crippen LogP contribution in [0.2, 0.25) is 0 Å². The molecule has 0 radical (unpaired) electrons. The number of rotatable bonds is 3. The number of anilines is 1. The third-order valence-corrected chi connectivity index (χ3v) is 5.02. The van der Waals surface area contributed by atoms with Crippen molar-refractivity contribution in [3.8, 4) is 0 Å². The molecule has 0 spiro atoms. The van der Waals surface area contributed by atoms with E-state index in [1.807, 2.05) is 11.9 Å². The Morgan fingerprint density at radius 3 is 2.84 bits per heavy atom. The largest absolute Gasteiger partial charge is 0.370 e. The lowest BCUT2D eigenvalue weighted by Gasteiger charge is -2.25. The molecule has 0 aromatic heterocycles. The average molecular weight is 286 g/mol. The molecular formula is C13H19FN2O2S. The molecule has 0 atom stereocenters. The molecule has 19 heavy (non-hydrogen) atoms. The Morgan fingerprint density at radius 2 is 2.11 bits per heavy atom. The summed E-state index contributed by atoms with van der Waals surface area (Å²) in [6, 6.07) is 4.67. The van der Waals surface area contributed by atoms with Crippen molar-refractivity contribution < 1.29 is 12.8 Å². The van der Waals surface area contributed by atoms with Gasteiger partial charge in [0.2, 0.25) is 0 Å². The van der Waals surface area contributed by atoms with Crippen molar-refractivity contribution in [2.75, 3.05) is 36.5 Å². The van der Waals surface area contributed by atoms with Gasteiger partial charge in [-0.15, -0.1) is 0 Å². The molecule has 2 rings (SSSR count). The first kappa shape index (κ1) is 14.3. The fraction of sp³-hybridized carbons (Fsp3) is 0.538. The van der Waals surface area contributed by atoms with E-state index in [4.69, 9.17) is 0 Å². The number of nitrogens with one attached hydrogen (secondary N) is 1. The van der Waals surface area contributed by atoms with E-state index in [2.05, 4.69) is 5.32 Å². The summed E-state index contributed by atoms with van der Waals surface area (Å²) in [5.74, 6) is 0.145. The number of halogens is 1. The molecular weight excluding hydrogens is 267 g/mol. The molecule has 0 unspecified atom stereocenters. The topological polar surface area (TPSA) is 49.4 Å². The second kappa shape index (κ2) is 5.88. The normalized spacial score (nSPS) is 19.2. The molecule has 1 aromatic rings. The van der Waals surface area contributed by atoms with E-state index >= 15 is 0 Å². The lowest BCUT2D eigenvalue weighted by atomic mass is 10.1. The Morgan fingerprint density at radius 1 is 1.32 bits per heavy atom. The van der Waals surface area contributed by atoms with Gasteiger partial charge in [-0.05, 0) is 37.2 Å². The molecule has 1 saturated heterocycles. The molecule has 0 amide bonds. The highest BCUT2D eigenvalue weighted by Gasteiger charge is 2.20. The molecule has 1 aromatic carbocycles. The third kappa shape index (κ3) is 3.67. The van der Waals surface area contributed by atoms with E-state index < -0.39 is 9.84 Å². The monoisotopic (exact) mass is 286 g/mol. The van der Waals surface area contributed by atoms with Crippen LogP contribution < -0.4 is 10.2 Å². The van der Waals surface area contributed by atoms with Gasteiger partial charge in [0.25, 0.3) is 0 Å². The molecule has 6 heteroatoms. The predicted octanol–water partition coefficient (Wildman–Crippen LogP) is 1.17. The van der Waals surface area contributed by atoms with Crippen LogP contribution in [0.15, 0.2) is 18.2 Å². The van der Waals surface area contributed by atoms with Crippen LogP contribution >= 0.6 is 0 Å². The van der Waals surface area contributed by atoms with Crippen molar-refractivity contribution in [1.29, 1.82) is 0 Å². The summed E-state index contributed by atoms with van der Waals surface area (Å²) in [5.41, 5.74) is 1.79. The maximum absolute atomic E-state index is 13.3. The Bertz CT molecular complexity index is 546. The van der Waals surface area contributed by atoms with E-state index in [9.17, 15) is 12.8 Å². The third-order valence-electron chi connectivity index (χ3n) is 3.31. The molecule has 0 aliphatic carbocycles. The zero-order valence-corrected chi connectivity index (χ0v) is 11.8. The van der Waals surface area contributed by atoms with Crippen molar-refractivity contribution >= 4 is 15.5 Å². The Balaban J connectivity index is 2.25. The highest BCUT2D eigenvalue weighted by Crippen LogP contribution is 2.23. The van der Waals surface area contributed by atoms with Gasteiger partial charge in [0.1, 0.15) is 5.82 Å². The van der Waals surface area contributed by atoms with E-state index in [1.54, 1.807) is 6.07 Å². The van der Waals surface area contributed by atoms with Crippen LogP contribution in [0, 0.1) is 5.82 Å². The Kier molecular flexibility index (Phi) is 4.42. The smallest absolute Gasteiger partial charge is 0.152 e. The fourth-order valence-electron chi connectivity index (χ4n) is 2.37.